The van der Waals surface area contributed by atoms with Crippen molar-refractivity contribution in [3.05, 3.63) is 29.8 Å². The summed E-state index contributed by atoms with van der Waals surface area (Å²) < 4.78 is 0. The highest BCUT2D eigenvalue weighted by Gasteiger charge is 2.13. The van der Waals surface area contributed by atoms with E-state index in [1.54, 1.807) is 0 Å². The highest BCUT2D eigenvalue weighted by Crippen LogP contribution is 2.21. The van der Waals surface area contributed by atoms with E-state index in [4.69, 9.17) is 0 Å². The van der Waals surface area contributed by atoms with Gasteiger partial charge < -0.3 is 5.32 Å². The number of Topliss-reactive ketones (excluding diaryl/α,β-unsaturated/α-hetero) is 1. The van der Waals surface area contributed by atoms with Gasteiger partial charge in [0.05, 0.1) is 0 Å². The number of carbonyl (C=O) groups excluding carboxylic acids is 1. The molecular weight excluding hydrogens is 230 g/mol. The van der Waals surface area contributed by atoms with Gasteiger partial charge >= 0.3 is 0 Å². The zero-order valence-corrected chi connectivity index (χ0v) is 11.1. The molecule has 0 spiro atoms. The van der Waals surface area contributed by atoms with Gasteiger partial charge in [0.2, 0.25) is 0 Å². The predicted molar refractivity (Wildman–Crippen MR) is 75.0 cm³/mol. The lowest BCUT2D eigenvalue weighted by Gasteiger charge is -2.23. The fraction of sp³-hybridized carbons (Fsp3) is 0.500. The molecule has 1 saturated heterocycles. The second-order valence-corrected chi connectivity index (χ2v) is 5.61. The van der Waals surface area contributed by atoms with Crippen LogP contribution in [0.15, 0.2) is 24.3 Å². The number of hydrogen-bond donors (Lipinski definition) is 1. The zero-order valence-electron chi connectivity index (χ0n) is 10.2. The van der Waals surface area contributed by atoms with Crippen LogP contribution in [0, 0.1) is 0 Å². The van der Waals surface area contributed by atoms with Gasteiger partial charge in [0.25, 0.3) is 0 Å². The molecule has 3 heteroatoms. The molecule has 1 aliphatic heterocycles. The van der Waals surface area contributed by atoms with Gasteiger partial charge in [-0.25, -0.2) is 0 Å². The second-order valence-electron chi connectivity index (χ2n) is 4.39. The van der Waals surface area contributed by atoms with Gasteiger partial charge in [0, 0.05) is 23.7 Å². The summed E-state index contributed by atoms with van der Waals surface area (Å²) in [6, 6.07) is 8.48. The summed E-state index contributed by atoms with van der Waals surface area (Å²) in [5.41, 5.74) is 1.95. The number of ketones is 1. The van der Waals surface area contributed by atoms with Crippen molar-refractivity contribution in [1.82, 2.24) is 0 Å². The van der Waals surface area contributed by atoms with Crippen LogP contribution in [0.4, 0.5) is 5.69 Å². The maximum Gasteiger partial charge on any atom is 0.162 e. The number of anilines is 1. The van der Waals surface area contributed by atoms with E-state index >= 15 is 0 Å². The molecule has 0 aromatic heterocycles. The highest BCUT2D eigenvalue weighted by atomic mass is 32.2. The van der Waals surface area contributed by atoms with Crippen LogP contribution < -0.4 is 5.32 Å². The number of rotatable bonds is 4. The van der Waals surface area contributed by atoms with E-state index in [1.807, 2.05) is 43.0 Å². The zero-order chi connectivity index (χ0) is 12.1. The van der Waals surface area contributed by atoms with Gasteiger partial charge in [0.1, 0.15) is 0 Å². The summed E-state index contributed by atoms with van der Waals surface area (Å²) in [4.78, 5) is 11.5. The lowest BCUT2D eigenvalue weighted by molar-refractivity contribution is 0.0988. The van der Waals surface area contributed by atoms with Crippen LogP contribution in [0.1, 0.15) is 36.5 Å². The lowest BCUT2D eigenvalue weighted by atomic mass is 10.1. The highest BCUT2D eigenvalue weighted by molar-refractivity contribution is 7.99. The summed E-state index contributed by atoms with van der Waals surface area (Å²) in [5.74, 6) is 2.72. The van der Waals surface area contributed by atoms with E-state index in [2.05, 4.69) is 5.32 Å². The molecule has 0 amide bonds. The molecule has 1 aromatic rings. The van der Waals surface area contributed by atoms with E-state index in [0.29, 0.717) is 12.5 Å². The van der Waals surface area contributed by atoms with Gasteiger partial charge in [-0.1, -0.05) is 6.92 Å². The number of thioether (sulfide) groups is 1. The third-order valence-corrected chi connectivity index (χ3v) is 4.17. The largest absolute Gasteiger partial charge is 0.382 e. The fourth-order valence-corrected chi connectivity index (χ4v) is 3.14. The van der Waals surface area contributed by atoms with Crippen molar-refractivity contribution in [2.75, 3.05) is 16.8 Å². The van der Waals surface area contributed by atoms with Crippen molar-refractivity contribution < 1.29 is 4.79 Å². The van der Waals surface area contributed by atoms with Crippen molar-refractivity contribution in [3.8, 4) is 0 Å². The van der Waals surface area contributed by atoms with Crippen LogP contribution in [0.5, 0.6) is 0 Å². The van der Waals surface area contributed by atoms with Gasteiger partial charge in [-0.2, -0.15) is 11.8 Å². The monoisotopic (exact) mass is 249 g/mol. The third-order valence-electron chi connectivity index (χ3n) is 3.12. The Hall–Kier alpha value is -0.960. The number of hydrogen-bond acceptors (Lipinski definition) is 3. The van der Waals surface area contributed by atoms with E-state index in [-0.39, 0.29) is 5.78 Å². The van der Waals surface area contributed by atoms with Crippen LogP contribution in [0.3, 0.4) is 0 Å². The number of nitrogens with one attached hydrogen (secondary N) is 1. The van der Waals surface area contributed by atoms with Gasteiger partial charge in [0.15, 0.2) is 5.78 Å². The Labute approximate surface area is 107 Å². The number of carbonyl (C=O) groups is 1. The van der Waals surface area contributed by atoms with E-state index in [9.17, 15) is 4.79 Å². The standard InChI is InChI=1S/C14H19NOS/c1-2-14(16)11-3-5-12(6-4-11)15-13-7-9-17-10-8-13/h3-6,13,15H,2,7-10H2,1H3. The Bertz CT molecular complexity index is 368. The van der Waals surface area contributed by atoms with Crippen molar-refractivity contribution in [1.29, 1.82) is 0 Å². The average molecular weight is 249 g/mol. The minimum atomic E-state index is 0.214. The molecule has 0 radical (unpaired) electrons. The maximum atomic E-state index is 11.5. The topological polar surface area (TPSA) is 29.1 Å². The maximum absolute atomic E-state index is 11.5. The molecule has 0 unspecified atom stereocenters. The van der Waals surface area contributed by atoms with Crippen LogP contribution in [0.2, 0.25) is 0 Å². The number of benzene rings is 1. The quantitative estimate of drug-likeness (QED) is 0.827. The summed E-state index contributed by atoms with van der Waals surface area (Å²) in [7, 11) is 0. The van der Waals surface area contributed by atoms with Crippen molar-refractivity contribution >= 4 is 23.2 Å². The van der Waals surface area contributed by atoms with Crippen molar-refractivity contribution in [2.45, 2.75) is 32.2 Å². The minimum absolute atomic E-state index is 0.214. The van der Waals surface area contributed by atoms with Crippen LogP contribution in [0.25, 0.3) is 0 Å². The smallest absolute Gasteiger partial charge is 0.162 e. The molecule has 1 fully saturated rings. The Balaban J connectivity index is 1.95. The lowest BCUT2D eigenvalue weighted by Crippen LogP contribution is -2.24. The summed E-state index contributed by atoms with van der Waals surface area (Å²) in [6.07, 6.45) is 3.05. The van der Waals surface area contributed by atoms with E-state index in [1.165, 1.54) is 24.3 Å². The Morgan fingerprint density at radius 1 is 1.29 bits per heavy atom. The Morgan fingerprint density at radius 3 is 2.53 bits per heavy atom. The Kier molecular flexibility index (Phi) is 4.49. The second kappa shape index (κ2) is 6.10. The van der Waals surface area contributed by atoms with Crippen molar-refractivity contribution in [2.24, 2.45) is 0 Å². The van der Waals surface area contributed by atoms with Gasteiger partial charge in [-0.05, 0) is 48.6 Å². The van der Waals surface area contributed by atoms with Crippen LogP contribution in [-0.4, -0.2) is 23.3 Å². The van der Waals surface area contributed by atoms with Crippen LogP contribution >= 0.6 is 11.8 Å². The Morgan fingerprint density at radius 2 is 1.94 bits per heavy atom. The first-order valence-electron chi connectivity index (χ1n) is 6.27. The summed E-state index contributed by atoms with van der Waals surface area (Å²) in [6.45, 7) is 1.90. The first-order valence-corrected chi connectivity index (χ1v) is 7.42. The molecule has 2 rings (SSSR count). The SMILES string of the molecule is CCC(=O)c1ccc(NC2CCSCC2)cc1. The molecule has 0 atom stereocenters. The average Bonchev–Trinajstić information content (AvgIpc) is 2.40. The third kappa shape index (κ3) is 3.50. The van der Waals surface area contributed by atoms with E-state index < -0.39 is 0 Å². The summed E-state index contributed by atoms with van der Waals surface area (Å²) in [5, 5.41) is 3.54. The van der Waals surface area contributed by atoms with Crippen LogP contribution in [-0.2, 0) is 0 Å². The molecule has 0 saturated carbocycles. The normalized spacial score (nSPS) is 16.8. The van der Waals surface area contributed by atoms with Crippen molar-refractivity contribution in [3.63, 3.8) is 0 Å². The molecule has 1 aliphatic rings. The molecule has 1 N–H and O–H groups in total. The predicted octanol–water partition coefficient (Wildman–Crippen LogP) is 3.59. The molecule has 17 heavy (non-hydrogen) atoms. The minimum Gasteiger partial charge on any atom is -0.382 e. The van der Waals surface area contributed by atoms with E-state index in [0.717, 1.165) is 11.3 Å². The molecular formula is C14H19NOS. The molecule has 92 valence electrons. The van der Waals surface area contributed by atoms with Gasteiger partial charge in [-0.15, -0.1) is 0 Å². The molecule has 2 nitrogen and oxygen atoms in total. The first kappa shape index (κ1) is 12.5. The first-order chi connectivity index (χ1) is 8.29. The summed E-state index contributed by atoms with van der Waals surface area (Å²) >= 11 is 2.03. The molecule has 0 bridgehead atoms. The molecule has 0 aliphatic carbocycles. The molecule has 1 aromatic carbocycles. The van der Waals surface area contributed by atoms with Gasteiger partial charge in [-0.3, -0.25) is 4.79 Å². The molecule has 1 heterocycles. The fourth-order valence-electron chi connectivity index (χ4n) is 2.03.